The Bertz CT molecular complexity index is 546. The monoisotopic (exact) mass is 344 g/mol. The Hall–Kier alpha value is -1.25. The second-order valence-electron chi connectivity index (χ2n) is 6.79. The number of carbonyl (C=O) groups excluding carboxylic acids is 2. The van der Waals surface area contributed by atoms with E-state index in [4.69, 9.17) is 8.92 Å². The van der Waals surface area contributed by atoms with E-state index in [1.807, 2.05) is 13.8 Å². The highest BCUT2D eigenvalue weighted by Gasteiger charge is 2.61. The lowest BCUT2D eigenvalue weighted by atomic mass is 9.82. The van der Waals surface area contributed by atoms with Crippen LogP contribution in [0.3, 0.4) is 0 Å². The van der Waals surface area contributed by atoms with E-state index in [2.05, 4.69) is 11.9 Å². The van der Waals surface area contributed by atoms with Crippen LogP contribution in [0.5, 0.6) is 0 Å². The smallest absolute Gasteiger partial charge is 0.325 e. The number of ether oxygens (including phenoxy) is 1. The van der Waals surface area contributed by atoms with Crippen molar-refractivity contribution in [3.8, 4) is 0 Å². The minimum atomic E-state index is -2.67. The maximum absolute atomic E-state index is 12.0. The lowest BCUT2D eigenvalue weighted by Gasteiger charge is -2.30. The summed E-state index contributed by atoms with van der Waals surface area (Å²) in [6, 6.07) is 0. The Labute approximate surface area is 138 Å². The van der Waals surface area contributed by atoms with Crippen LogP contribution in [-0.4, -0.2) is 39.4 Å². The van der Waals surface area contributed by atoms with Gasteiger partial charge < -0.3 is 14.6 Å². The summed E-state index contributed by atoms with van der Waals surface area (Å²) in [5, 5.41) is 2.40. The average molecular weight is 344 g/mol. The summed E-state index contributed by atoms with van der Waals surface area (Å²) in [6.07, 6.45) is 0.428. The Kier molecular flexibility index (Phi) is 5.27. The molecule has 2 saturated carbocycles. The van der Waals surface area contributed by atoms with Gasteiger partial charge in [0, 0.05) is 11.5 Å². The molecule has 1 amide bonds. The van der Waals surface area contributed by atoms with Gasteiger partial charge in [-0.05, 0) is 31.1 Å². The zero-order valence-electron chi connectivity index (χ0n) is 13.5. The minimum absolute atomic E-state index is 0.0215. The first-order chi connectivity index (χ1) is 10.6. The van der Waals surface area contributed by atoms with Crippen LogP contribution in [0.25, 0.3) is 0 Å². The second-order valence-corrected chi connectivity index (χ2v) is 7.39. The molecule has 0 aromatic rings. The lowest BCUT2D eigenvalue weighted by Crippen LogP contribution is -2.41. The fourth-order valence-electron chi connectivity index (χ4n) is 3.87. The molecule has 5 atom stereocenters. The molecule has 0 spiro atoms. The van der Waals surface area contributed by atoms with Gasteiger partial charge in [0.1, 0.15) is 18.8 Å². The zero-order chi connectivity index (χ0) is 17.4. The topological polar surface area (TPSA) is 105 Å². The maximum atomic E-state index is 12.0. The molecular weight excluding hydrogens is 322 g/mol. The highest BCUT2D eigenvalue weighted by Crippen LogP contribution is 2.59. The van der Waals surface area contributed by atoms with Gasteiger partial charge in [0.2, 0.25) is 5.91 Å². The fourth-order valence-corrected chi connectivity index (χ4v) is 4.29. The van der Waals surface area contributed by atoms with Crippen LogP contribution in [0.2, 0.25) is 0 Å². The summed E-state index contributed by atoms with van der Waals surface area (Å²) < 4.78 is 32.3. The summed E-state index contributed by atoms with van der Waals surface area (Å²) >= 11 is -2.67. The number of hydrogen-bond donors (Lipinski definition) is 1. The first-order valence-corrected chi connectivity index (χ1v) is 8.54. The van der Waals surface area contributed by atoms with Gasteiger partial charge in [-0.2, -0.15) is 0 Å². The molecule has 7 nitrogen and oxygen atoms in total. The molecule has 0 radical (unpaired) electrons. The van der Waals surface area contributed by atoms with Gasteiger partial charge in [-0.3, -0.25) is 13.8 Å². The van der Waals surface area contributed by atoms with Crippen LogP contribution in [0.4, 0.5) is 0 Å². The van der Waals surface area contributed by atoms with E-state index in [1.54, 1.807) is 0 Å². The Balaban J connectivity index is 2.02. The lowest BCUT2D eigenvalue weighted by molar-refractivity contribution is -0.157. The molecule has 0 aliphatic heterocycles. The average Bonchev–Trinajstić information content (AvgIpc) is 2.83. The van der Waals surface area contributed by atoms with Crippen LogP contribution in [0.1, 0.15) is 33.6 Å². The van der Waals surface area contributed by atoms with Crippen molar-refractivity contribution in [1.29, 1.82) is 0 Å². The standard InChI is InChI=1S/C15H23NO6S/c1-8(2)14(18)16-7-11(17)21-12-9-5-6-10(15(9,3)4)13(12)22-23(19)20/h9-10,12-13H,1,5-7H2,2-4H3,(H,16,18)(H,19,20)/p-1. The van der Waals surface area contributed by atoms with Crippen molar-refractivity contribution >= 4 is 23.2 Å². The molecule has 1 N–H and O–H groups in total. The summed E-state index contributed by atoms with van der Waals surface area (Å²) in [6.45, 7) is 8.80. The molecule has 2 aliphatic rings. The van der Waals surface area contributed by atoms with Crippen LogP contribution in [0.15, 0.2) is 12.2 Å². The first-order valence-electron chi connectivity index (χ1n) is 7.54. The molecule has 8 heteroatoms. The van der Waals surface area contributed by atoms with Crippen molar-refractivity contribution in [2.45, 2.75) is 45.8 Å². The van der Waals surface area contributed by atoms with E-state index >= 15 is 0 Å². The predicted octanol–water partition coefficient (Wildman–Crippen LogP) is 0.836. The molecular formula is C15H22NO6S-. The predicted molar refractivity (Wildman–Crippen MR) is 81.5 cm³/mol. The van der Waals surface area contributed by atoms with E-state index in [9.17, 15) is 18.4 Å². The van der Waals surface area contributed by atoms with Crippen molar-refractivity contribution in [1.82, 2.24) is 5.32 Å². The number of hydrogen-bond acceptors (Lipinski definition) is 6. The summed E-state index contributed by atoms with van der Waals surface area (Å²) in [5.74, 6) is -0.975. The van der Waals surface area contributed by atoms with Gasteiger partial charge in [-0.15, -0.1) is 0 Å². The summed E-state index contributed by atoms with van der Waals surface area (Å²) in [4.78, 5) is 23.4. The number of nitrogens with one attached hydrogen (secondary N) is 1. The number of esters is 1. The zero-order valence-corrected chi connectivity index (χ0v) is 14.3. The highest BCUT2D eigenvalue weighted by atomic mass is 32.2. The highest BCUT2D eigenvalue weighted by molar-refractivity contribution is 7.74. The molecule has 2 aliphatic carbocycles. The van der Waals surface area contributed by atoms with E-state index in [1.165, 1.54) is 6.92 Å². The van der Waals surface area contributed by atoms with Crippen molar-refractivity contribution in [2.75, 3.05) is 6.54 Å². The third kappa shape index (κ3) is 3.64. The number of carbonyl (C=O) groups is 2. The molecule has 0 heterocycles. The summed E-state index contributed by atoms with van der Waals surface area (Å²) in [5.41, 5.74) is 0.137. The number of rotatable bonds is 6. The van der Waals surface area contributed by atoms with Crippen molar-refractivity contribution in [2.24, 2.45) is 17.3 Å². The van der Waals surface area contributed by atoms with E-state index in [-0.39, 0.29) is 23.8 Å². The maximum Gasteiger partial charge on any atom is 0.325 e. The minimum Gasteiger partial charge on any atom is -0.750 e. The molecule has 0 aromatic carbocycles. The van der Waals surface area contributed by atoms with Gasteiger partial charge in [-0.1, -0.05) is 20.4 Å². The SMILES string of the molecule is C=C(C)C(=O)NCC(=O)OC1C(OS(=O)[O-])C2CCC1C2(C)C. The molecule has 2 fully saturated rings. The van der Waals surface area contributed by atoms with Gasteiger partial charge in [0.15, 0.2) is 0 Å². The molecule has 130 valence electrons. The molecule has 5 unspecified atom stereocenters. The van der Waals surface area contributed by atoms with E-state index < -0.39 is 35.4 Å². The number of fused-ring (bicyclic) bond motifs is 2. The normalized spacial score (nSPS) is 32.3. The second kappa shape index (κ2) is 6.70. The molecule has 0 saturated heterocycles. The molecule has 2 bridgehead atoms. The third-order valence-electron chi connectivity index (χ3n) is 5.06. The molecule has 0 aromatic heterocycles. The summed E-state index contributed by atoms with van der Waals surface area (Å²) in [7, 11) is 0. The number of amides is 1. The van der Waals surface area contributed by atoms with E-state index in [0.29, 0.717) is 5.57 Å². The largest absolute Gasteiger partial charge is 0.750 e. The third-order valence-corrected chi connectivity index (χ3v) is 5.43. The van der Waals surface area contributed by atoms with Crippen LogP contribution < -0.4 is 5.32 Å². The van der Waals surface area contributed by atoms with Gasteiger partial charge in [0.05, 0.1) is 11.4 Å². The van der Waals surface area contributed by atoms with Crippen LogP contribution in [0, 0.1) is 17.3 Å². The Morgan fingerprint density at radius 2 is 1.87 bits per heavy atom. The molecule has 23 heavy (non-hydrogen) atoms. The van der Waals surface area contributed by atoms with Crippen molar-refractivity contribution in [3.05, 3.63) is 12.2 Å². The fraction of sp³-hybridized carbons (Fsp3) is 0.733. The Morgan fingerprint density at radius 1 is 1.30 bits per heavy atom. The Morgan fingerprint density at radius 3 is 2.39 bits per heavy atom. The quantitative estimate of drug-likeness (QED) is 0.435. The van der Waals surface area contributed by atoms with Gasteiger partial charge in [0.25, 0.3) is 0 Å². The van der Waals surface area contributed by atoms with E-state index in [0.717, 1.165) is 12.8 Å². The van der Waals surface area contributed by atoms with Crippen molar-refractivity contribution < 1.29 is 27.3 Å². The van der Waals surface area contributed by atoms with Crippen molar-refractivity contribution in [3.63, 3.8) is 0 Å². The van der Waals surface area contributed by atoms with Crippen LogP contribution in [-0.2, 0) is 29.9 Å². The van der Waals surface area contributed by atoms with Gasteiger partial charge in [-0.25, -0.2) is 4.21 Å². The first kappa shape index (κ1) is 18.1. The van der Waals surface area contributed by atoms with Gasteiger partial charge >= 0.3 is 5.97 Å². The van der Waals surface area contributed by atoms with Crippen LogP contribution >= 0.6 is 0 Å². The molecule has 2 rings (SSSR count).